The zero-order chi connectivity index (χ0) is 17.0. The molecule has 0 aliphatic carbocycles. The second-order valence-electron chi connectivity index (χ2n) is 5.08. The fraction of sp³-hybridized carbons (Fsp3) is 0.176. The van der Waals surface area contributed by atoms with Crippen LogP contribution in [0.5, 0.6) is 5.75 Å². The summed E-state index contributed by atoms with van der Waals surface area (Å²) in [4.78, 5) is 22.8. The highest BCUT2D eigenvalue weighted by Gasteiger charge is 2.10. The normalized spacial score (nSPS) is 10.2. The van der Waals surface area contributed by atoms with Crippen LogP contribution in [0, 0.1) is 13.8 Å². The summed E-state index contributed by atoms with van der Waals surface area (Å²) in [5.74, 6) is -0.749. The second-order valence-corrected chi connectivity index (χ2v) is 5.52. The van der Waals surface area contributed by atoms with E-state index in [4.69, 9.17) is 21.4 Å². The lowest BCUT2D eigenvalue weighted by molar-refractivity contribution is -0.118. The minimum atomic E-state index is -1.01. The standard InChI is InChI=1S/C17H16ClNO4/c1-10-7-12(17(21)22)3-5-14(10)19-16(20)9-23-15-6-4-13(18)8-11(15)2/h3-8H,9H2,1-2H3,(H,19,20)(H,21,22). The molecular weight excluding hydrogens is 318 g/mol. The number of carbonyl (C=O) groups is 2. The Morgan fingerprint density at radius 1 is 1.13 bits per heavy atom. The van der Waals surface area contributed by atoms with E-state index in [1.54, 1.807) is 31.2 Å². The van der Waals surface area contributed by atoms with Gasteiger partial charge in [-0.25, -0.2) is 4.79 Å². The number of aromatic carboxylic acids is 1. The summed E-state index contributed by atoms with van der Waals surface area (Å²) in [6.45, 7) is 3.42. The lowest BCUT2D eigenvalue weighted by Crippen LogP contribution is -2.21. The Hall–Kier alpha value is -2.53. The third-order valence-electron chi connectivity index (χ3n) is 3.24. The molecule has 0 saturated carbocycles. The molecule has 2 N–H and O–H groups in total. The predicted molar refractivity (Wildman–Crippen MR) is 88.5 cm³/mol. The van der Waals surface area contributed by atoms with Crippen LogP contribution in [-0.2, 0) is 4.79 Å². The molecule has 5 nitrogen and oxygen atoms in total. The number of halogens is 1. The number of anilines is 1. The fourth-order valence-corrected chi connectivity index (χ4v) is 2.27. The van der Waals surface area contributed by atoms with Crippen molar-refractivity contribution in [3.63, 3.8) is 0 Å². The SMILES string of the molecule is Cc1cc(C(=O)O)ccc1NC(=O)COc1ccc(Cl)cc1C. The summed E-state index contributed by atoms with van der Waals surface area (Å²) in [5, 5.41) is 12.2. The van der Waals surface area contributed by atoms with Gasteiger partial charge in [0.25, 0.3) is 5.91 Å². The van der Waals surface area contributed by atoms with Crippen molar-refractivity contribution in [2.24, 2.45) is 0 Å². The van der Waals surface area contributed by atoms with E-state index in [9.17, 15) is 9.59 Å². The molecule has 2 aromatic rings. The molecule has 23 heavy (non-hydrogen) atoms. The smallest absolute Gasteiger partial charge is 0.335 e. The van der Waals surface area contributed by atoms with Gasteiger partial charge in [0, 0.05) is 10.7 Å². The number of benzene rings is 2. The number of aryl methyl sites for hydroxylation is 2. The van der Waals surface area contributed by atoms with Gasteiger partial charge in [-0.1, -0.05) is 11.6 Å². The zero-order valence-electron chi connectivity index (χ0n) is 12.7. The number of ether oxygens (including phenoxy) is 1. The van der Waals surface area contributed by atoms with Crippen molar-refractivity contribution < 1.29 is 19.4 Å². The van der Waals surface area contributed by atoms with E-state index in [0.717, 1.165) is 5.56 Å². The first-order valence-corrected chi connectivity index (χ1v) is 7.27. The van der Waals surface area contributed by atoms with E-state index in [2.05, 4.69) is 5.32 Å². The van der Waals surface area contributed by atoms with E-state index in [0.29, 0.717) is 22.0 Å². The Balaban J connectivity index is 1.98. The highest BCUT2D eigenvalue weighted by atomic mass is 35.5. The van der Waals surface area contributed by atoms with Crippen LogP contribution >= 0.6 is 11.6 Å². The highest BCUT2D eigenvalue weighted by Crippen LogP contribution is 2.22. The van der Waals surface area contributed by atoms with Gasteiger partial charge < -0.3 is 15.2 Å². The quantitative estimate of drug-likeness (QED) is 0.875. The molecule has 0 saturated heterocycles. The number of carbonyl (C=O) groups excluding carboxylic acids is 1. The summed E-state index contributed by atoms with van der Waals surface area (Å²) in [6.07, 6.45) is 0. The van der Waals surface area contributed by atoms with Crippen molar-refractivity contribution in [3.8, 4) is 5.75 Å². The Labute approximate surface area is 138 Å². The molecule has 120 valence electrons. The topological polar surface area (TPSA) is 75.6 Å². The molecule has 0 spiro atoms. The highest BCUT2D eigenvalue weighted by molar-refractivity contribution is 6.30. The summed E-state index contributed by atoms with van der Waals surface area (Å²) in [6, 6.07) is 9.65. The van der Waals surface area contributed by atoms with Gasteiger partial charge in [-0.2, -0.15) is 0 Å². The minimum absolute atomic E-state index is 0.150. The van der Waals surface area contributed by atoms with Crippen LogP contribution in [0.2, 0.25) is 5.02 Å². The van der Waals surface area contributed by atoms with Crippen molar-refractivity contribution in [1.29, 1.82) is 0 Å². The van der Waals surface area contributed by atoms with Crippen LogP contribution in [0.15, 0.2) is 36.4 Å². The fourth-order valence-electron chi connectivity index (χ4n) is 2.04. The largest absolute Gasteiger partial charge is 0.483 e. The van der Waals surface area contributed by atoms with E-state index in [1.165, 1.54) is 12.1 Å². The lowest BCUT2D eigenvalue weighted by atomic mass is 10.1. The Kier molecular flexibility index (Phi) is 5.24. The van der Waals surface area contributed by atoms with Crippen LogP contribution in [-0.4, -0.2) is 23.6 Å². The third-order valence-corrected chi connectivity index (χ3v) is 3.48. The van der Waals surface area contributed by atoms with E-state index in [1.807, 2.05) is 6.92 Å². The third kappa shape index (κ3) is 4.47. The zero-order valence-corrected chi connectivity index (χ0v) is 13.5. The van der Waals surface area contributed by atoms with Crippen molar-refractivity contribution in [3.05, 3.63) is 58.1 Å². The number of hydrogen-bond acceptors (Lipinski definition) is 3. The van der Waals surface area contributed by atoms with E-state index in [-0.39, 0.29) is 18.1 Å². The van der Waals surface area contributed by atoms with E-state index < -0.39 is 5.97 Å². The van der Waals surface area contributed by atoms with Crippen molar-refractivity contribution in [2.45, 2.75) is 13.8 Å². The molecule has 0 unspecified atom stereocenters. The van der Waals surface area contributed by atoms with Crippen LogP contribution in [0.1, 0.15) is 21.5 Å². The maximum atomic E-state index is 12.0. The molecule has 2 rings (SSSR count). The molecule has 0 atom stereocenters. The minimum Gasteiger partial charge on any atom is -0.483 e. The molecule has 1 amide bonds. The lowest BCUT2D eigenvalue weighted by Gasteiger charge is -2.11. The maximum absolute atomic E-state index is 12.0. The molecular formula is C17H16ClNO4. The first-order chi connectivity index (χ1) is 10.9. The van der Waals surface area contributed by atoms with Gasteiger partial charge in [-0.3, -0.25) is 4.79 Å². The van der Waals surface area contributed by atoms with Gasteiger partial charge in [-0.15, -0.1) is 0 Å². The molecule has 0 bridgehead atoms. The number of nitrogens with one attached hydrogen (secondary N) is 1. The van der Waals surface area contributed by atoms with Gasteiger partial charge in [0.1, 0.15) is 5.75 Å². The van der Waals surface area contributed by atoms with Gasteiger partial charge in [0.15, 0.2) is 6.61 Å². The second kappa shape index (κ2) is 7.15. The number of carboxylic acid groups (broad SMARTS) is 1. The molecule has 0 fully saturated rings. The van der Waals surface area contributed by atoms with E-state index >= 15 is 0 Å². The monoisotopic (exact) mass is 333 g/mol. The summed E-state index contributed by atoms with van der Waals surface area (Å²) < 4.78 is 5.46. The predicted octanol–water partition coefficient (Wildman–Crippen LogP) is 3.67. The molecule has 0 aliphatic heterocycles. The summed E-state index contributed by atoms with van der Waals surface area (Å²) in [7, 11) is 0. The van der Waals surface area contributed by atoms with Gasteiger partial charge in [-0.05, 0) is 61.4 Å². The number of rotatable bonds is 5. The molecule has 6 heteroatoms. The average Bonchev–Trinajstić information content (AvgIpc) is 2.48. The average molecular weight is 334 g/mol. The van der Waals surface area contributed by atoms with Crippen LogP contribution in [0.25, 0.3) is 0 Å². The van der Waals surface area contributed by atoms with Crippen LogP contribution in [0.4, 0.5) is 5.69 Å². The molecule has 2 aromatic carbocycles. The molecule has 0 radical (unpaired) electrons. The van der Waals surface area contributed by atoms with Crippen molar-refractivity contribution in [2.75, 3.05) is 11.9 Å². The van der Waals surface area contributed by atoms with Crippen LogP contribution < -0.4 is 10.1 Å². The number of amides is 1. The Morgan fingerprint density at radius 2 is 1.87 bits per heavy atom. The molecule has 0 aromatic heterocycles. The number of carboxylic acids is 1. The van der Waals surface area contributed by atoms with Crippen molar-refractivity contribution in [1.82, 2.24) is 0 Å². The number of hydrogen-bond donors (Lipinski definition) is 2. The van der Waals surface area contributed by atoms with Gasteiger partial charge in [0.2, 0.25) is 0 Å². The molecule has 0 aliphatic rings. The van der Waals surface area contributed by atoms with Gasteiger partial charge in [0.05, 0.1) is 5.56 Å². The van der Waals surface area contributed by atoms with Gasteiger partial charge >= 0.3 is 5.97 Å². The summed E-state index contributed by atoms with van der Waals surface area (Å²) in [5.41, 5.74) is 2.23. The molecule has 0 heterocycles. The first kappa shape index (κ1) is 16.8. The Morgan fingerprint density at radius 3 is 2.48 bits per heavy atom. The Bertz CT molecular complexity index is 758. The van der Waals surface area contributed by atoms with Crippen molar-refractivity contribution >= 4 is 29.2 Å². The first-order valence-electron chi connectivity index (χ1n) is 6.89. The maximum Gasteiger partial charge on any atom is 0.335 e. The van der Waals surface area contributed by atoms with Crippen LogP contribution in [0.3, 0.4) is 0 Å². The summed E-state index contributed by atoms with van der Waals surface area (Å²) >= 11 is 5.86.